The molecule has 0 unspecified atom stereocenters. The van der Waals surface area contributed by atoms with E-state index >= 15 is 0 Å². The predicted octanol–water partition coefficient (Wildman–Crippen LogP) is 2.88. The molecule has 5 aromatic rings. The minimum absolute atomic E-state index is 0.305. The van der Waals surface area contributed by atoms with E-state index in [1.54, 1.807) is 17.2 Å². The van der Waals surface area contributed by atoms with Crippen LogP contribution in [0.4, 0.5) is 17.3 Å². The van der Waals surface area contributed by atoms with Gasteiger partial charge in [-0.05, 0) is 54.3 Å². The summed E-state index contributed by atoms with van der Waals surface area (Å²) in [6.07, 6.45) is 5.91. The van der Waals surface area contributed by atoms with Crippen molar-refractivity contribution in [1.29, 1.82) is 0 Å². The summed E-state index contributed by atoms with van der Waals surface area (Å²) in [5.41, 5.74) is 6.95. The number of benzene rings is 1. The van der Waals surface area contributed by atoms with Crippen molar-refractivity contribution in [2.45, 2.75) is 19.4 Å². The summed E-state index contributed by atoms with van der Waals surface area (Å²) in [5, 5.41) is 11.1. The monoisotopic (exact) mass is 479 g/mol. The molecule has 10 nitrogen and oxygen atoms in total. The summed E-state index contributed by atoms with van der Waals surface area (Å²) in [7, 11) is 0. The van der Waals surface area contributed by atoms with Gasteiger partial charge < -0.3 is 20.3 Å². The Hall–Kier alpha value is -4.31. The van der Waals surface area contributed by atoms with E-state index in [2.05, 4.69) is 72.8 Å². The van der Waals surface area contributed by atoms with Gasteiger partial charge in [-0.1, -0.05) is 6.07 Å². The van der Waals surface area contributed by atoms with Gasteiger partial charge >= 0.3 is 0 Å². The summed E-state index contributed by atoms with van der Waals surface area (Å²) < 4.78 is 7.84. The maximum atomic E-state index is 6.07. The second-order valence-corrected chi connectivity index (χ2v) is 9.35. The minimum atomic E-state index is 0.305. The van der Waals surface area contributed by atoms with Crippen LogP contribution in [0.1, 0.15) is 16.7 Å². The van der Waals surface area contributed by atoms with Gasteiger partial charge in [0.1, 0.15) is 24.8 Å². The normalized spacial score (nSPS) is 17.0. The number of nitrogens with one attached hydrogen (secondary N) is 2. The minimum Gasteiger partial charge on any atom is -0.488 e. The molecule has 1 aromatic carbocycles. The van der Waals surface area contributed by atoms with Crippen LogP contribution in [0.15, 0.2) is 55.2 Å². The fraction of sp³-hybridized carbons (Fsp3) is 0.269. The fourth-order valence-corrected chi connectivity index (χ4v) is 5.00. The standard InChI is InChI=1S/C26H25N9O/c1-16-8-19(3-2-18(16)9-17-4-6-35-23(10-17)29-15-31-35)32-25-24-21(28-14-30-25)11-22-26(33-24)34-7-5-27-20(12-34)13-36-22/h2-4,6,8,10-11,14-15,20,27H,5,7,9,12-13H2,1H3,(H,28,30,32)/t20-/m1/s1. The van der Waals surface area contributed by atoms with Crippen molar-refractivity contribution in [3.63, 3.8) is 0 Å². The maximum absolute atomic E-state index is 6.07. The Morgan fingerprint density at radius 2 is 2.08 bits per heavy atom. The van der Waals surface area contributed by atoms with Crippen molar-refractivity contribution in [2.75, 3.05) is 36.5 Å². The van der Waals surface area contributed by atoms with Gasteiger partial charge in [-0.25, -0.2) is 24.5 Å². The highest BCUT2D eigenvalue weighted by molar-refractivity contribution is 5.90. The third-order valence-electron chi connectivity index (χ3n) is 6.90. The van der Waals surface area contributed by atoms with Crippen molar-refractivity contribution in [2.24, 2.45) is 0 Å². The highest BCUT2D eigenvalue weighted by atomic mass is 16.5. The molecule has 2 aliphatic heterocycles. The zero-order valence-corrected chi connectivity index (χ0v) is 19.8. The molecule has 0 amide bonds. The number of hydrogen-bond donors (Lipinski definition) is 2. The first-order valence-corrected chi connectivity index (χ1v) is 12.1. The van der Waals surface area contributed by atoms with Crippen LogP contribution in [-0.2, 0) is 6.42 Å². The van der Waals surface area contributed by atoms with Gasteiger partial charge in [0.15, 0.2) is 23.0 Å². The molecule has 0 aliphatic carbocycles. The first-order valence-electron chi connectivity index (χ1n) is 12.1. The van der Waals surface area contributed by atoms with E-state index in [1.807, 2.05) is 12.3 Å². The molecule has 1 saturated heterocycles. The van der Waals surface area contributed by atoms with E-state index in [1.165, 1.54) is 16.7 Å². The number of aromatic nitrogens is 6. The lowest BCUT2D eigenvalue weighted by Crippen LogP contribution is -2.51. The smallest absolute Gasteiger partial charge is 0.172 e. The molecule has 2 aliphatic rings. The number of rotatable bonds is 4. The van der Waals surface area contributed by atoms with E-state index in [-0.39, 0.29) is 0 Å². The summed E-state index contributed by atoms with van der Waals surface area (Å²) >= 11 is 0. The van der Waals surface area contributed by atoms with Crippen LogP contribution in [0.2, 0.25) is 0 Å². The number of fused-ring (bicyclic) bond motifs is 6. The SMILES string of the molecule is Cc1cc(Nc2ncnc3cc4c(nc23)N2CCN[C@@H](CO4)C2)ccc1Cc1ccn2ncnc2c1. The van der Waals surface area contributed by atoms with Crippen LogP contribution in [0.3, 0.4) is 0 Å². The van der Waals surface area contributed by atoms with Crippen LogP contribution < -0.4 is 20.3 Å². The molecule has 0 radical (unpaired) electrons. The van der Waals surface area contributed by atoms with Crippen molar-refractivity contribution in [1.82, 2.24) is 34.9 Å². The molecule has 0 spiro atoms. The number of anilines is 3. The first-order chi connectivity index (χ1) is 17.7. The number of hydrogen-bond acceptors (Lipinski definition) is 9. The highest BCUT2D eigenvalue weighted by Gasteiger charge is 2.28. The molecule has 36 heavy (non-hydrogen) atoms. The van der Waals surface area contributed by atoms with Crippen molar-refractivity contribution >= 4 is 34.0 Å². The number of pyridine rings is 2. The molecular weight excluding hydrogens is 454 g/mol. The molecule has 2 N–H and O–H groups in total. The number of aryl methyl sites for hydroxylation is 1. The molecule has 1 atom stereocenters. The van der Waals surface area contributed by atoms with Crippen LogP contribution >= 0.6 is 0 Å². The topological polar surface area (TPSA) is 105 Å². The Kier molecular flexibility index (Phi) is 4.91. The quantitative estimate of drug-likeness (QED) is 0.402. The third kappa shape index (κ3) is 3.75. The van der Waals surface area contributed by atoms with Gasteiger partial charge in [-0.3, -0.25) is 0 Å². The van der Waals surface area contributed by atoms with E-state index in [0.717, 1.165) is 60.0 Å². The predicted molar refractivity (Wildman–Crippen MR) is 137 cm³/mol. The summed E-state index contributed by atoms with van der Waals surface area (Å²) in [6, 6.07) is 12.8. The molecule has 180 valence electrons. The van der Waals surface area contributed by atoms with Gasteiger partial charge in [-0.2, -0.15) is 5.10 Å². The Morgan fingerprint density at radius 1 is 1.11 bits per heavy atom. The number of piperazine rings is 1. The van der Waals surface area contributed by atoms with E-state index in [0.29, 0.717) is 18.5 Å². The maximum Gasteiger partial charge on any atom is 0.172 e. The zero-order chi connectivity index (χ0) is 24.1. The number of ether oxygens (including phenoxy) is 1. The summed E-state index contributed by atoms with van der Waals surface area (Å²) in [4.78, 5) is 20.5. The molecule has 2 bridgehead atoms. The van der Waals surface area contributed by atoms with Gasteiger partial charge in [0.05, 0.1) is 11.6 Å². The molecule has 4 aromatic heterocycles. The molecule has 1 fully saturated rings. The molecular formula is C26H25N9O. The van der Waals surface area contributed by atoms with Crippen molar-refractivity contribution in [3.05, 3.63) is 71.9 Å². The van der Waals surface area contributed by atoms with Crippen molar-refractivity contribution in [3.8, 4) is 5.75 Å². The summed E-state index contributed by atoms with van der Waals surface area (Å²) in [6.45, 7) is 5.46. The van der Waals surface area contributed by atoms with E-state index in [9.17, 15) is 0 Å². The Labute approximate surface area is 207 Å². The van der Waals surface area contributed by atoms with Gasteiger partial charge in [0, 0.05) is 37.6 Å². The third-order valence-corrected chi connectivity index (χ3v) is 6.90. The number of nitrogens with zero attached hydrogens (tertiary/aromatic N) is 7. The van der Waals surface area contributed by atoms with Gasteiger partial charge in [-0.15, -0.1) is 0 Å². The average molecular weight is 480 g/mol. The zero-order valence-electron chi connectivity index (χ0n) is 19.8. The van der Waals surface area contributed by atoms with Crippen LogP contribution in [0, 0.1) is 6.92 Å². The van der Waals surface area contributed by atoms with Crippen LogP contribution in [0.5, 0.6) is 5.75 Å². The second-order valence-electron chi connectivity index (χ2n) is 9.35. The van der Waals surface area contributed by atoms with Gasteiger partial charge in [0.25, 0.3) is 0 Å². The van der Waals surface area contributed by atoms with E-state index < -0.39 is 0 Å². The second kappa shape index (κ2) is 8.42. The van der Waals surface area contributed by atoms with Crippen LogP contribution in [-0.4, -0.2) is 61.8 Å². The lowest BCUT2D eigenvalue weighted by atomic mass is 10.0. The summed E-state index contributed by atoms with van der Waals surface area (Å²) in [5.74, 6) is 2.33. The van der Waals surface area contributed by atoms with Crippen LogP contribution in [0.25, 0.3) is 16.7 Å². The Balaban J connectivity index is 1.18. The molecule has 6 heterocycles. The van der Waals surface area contributed by atoms with E-state index in [4.69, 9.17) is 9.72 Å². The highest BCUT2D eigenvalue weighted by Crippen LogP contribution is 2.34. The average Bonchev–Trinajstić information content (AvgIpc) is 3.33. The lowest BCUT2D eigenvalue weighted by Gasteiger charge is -2.31. The fourth-order valence-electron chi connectivity index (χ4n) is 5.00. The molecule has 7 rings (SSSR count). The first kappa shape index (κ1) is 21.0. The Bertz CT molecular complexity index is 1600. The largest absolute Gasteiger partial charge is 0.488 e. The van der Waals surface area contributed by atoms with Gasteiger partial charge in [0.2, 0.25) is 0 Å². The molecule has 0 saturated carbocycles. The van der Waals surface area contributed by atoms with Crippen molar-refractivity contribution < 1.29 is 4.74 Å². The molecule has 10 heteroatoms. The lowest BCUT2D eigenvalue weighted by molar-refractivity contribution is 0.271. The Morgan fingerprint density at radius 3 is 3.03 bits per heavy atom.